The number of benzene rings is 2. The number of fused-ring (bicyclic) bond motifs is 1. The molecule has 2 aromatic carbocycles. The van der Waals surface area contributed by atoms with Gasteiger partial charge in [-0.1, -0.05) is 86.4 Å². The predicted molar refractivity (Wildman–Crippen MR) is 130 cm³/mol. The highest BCUT2D eigenvalue weighted by atomic mass is 28.3. The Morgan fingerprint density at radius 2 is 1.84 bits per heavy atom. The number of piperidine rings is 1. The van der Waals surface area contributed by atoms with E-state index in [1.165, 1.54) is 16.7 Å². The van der Waals surface area contributed by atoms with Gasteiger partial charge in [-0.3, -0.25) is 10.2 Å². The number of carbonyl (C=O) groups excluding carboxylic acids is 1. The zero-order valence-electron chi connectivity index (χ0n) is 19.6. The summed E-state index contributed by atoms with van der Waals surface area (Å²) < 4.78 is 0. The van der Waals surface area contributed by atoms with Crippen LogP contribution in [0.2, 0.25) is 19.6 Å². The van der Waals surface area contributed by atoms with Crippen molar-refractivity contribution in [1.82, 2.24) is 10.3 Å². The van der Waals surface area contributed by atoms with Gasteiger partial charge in [-0.25, -0.2) is 0 Å². The van der Waals surface area contributed by atoms with Gasteiger partial charge >= 0.3 is 0 Å². The number of carbonyl (C=O) groups is 1. The highest BCUT2D eigenvalue weighted by Gasteiger charge is 2.70. The summed E-state index contributed by atoms with van der Waals surface area (Å²) in [6.07, 6.45) is 2.06. The Labute approximate surface area is 192 Å². The van der Waals surface area contributed by atoms with Gasteiger partial charge in [0.1, 0.15) is 0 Å². The lowest BCUT2D eigenvalue weighted by Gasteiger charge is -2.39. The molecule has 2 heterocycles. The van der Waals surface area contributed by atoms with E-state index in [-0.39, 0.29) is 16.5 Å². The van der Waals surface area contributed by atoms with Gasteiger partial charge in [0.2, 0.25) is 5.91 Å². The van der Waals surface area contributed by atoms with Crippen molar-refractivity contribution in [2.75, 3.05) is 19.6 Å². The molecule has 5 nitrogen and oxygen atoms in total. The quantitative estimate of drug-likeness (QED) is 0.626. The summed E-state index contributed by atoms with van der Waals surface area (Å²) in [6.45, 7) is 11.8. The molecule has 2 fully saturated rings. The molecule has 0 aromatic heterocycles. The van der Waals surface area contributed by atoms with E-state index in [9.17, 15) is 4.79 Å². The van der Waals surface area contributed by atoms with Gasteiger partial charge in [0.05, 0.1) is 25.7 Å². The van der Waals surface area contributed by atoms with Crippen LogP contribution in [0.25, 0.3) is 0 Å². The fourth-order valence-corrected chi connectivity index (χ4v) is 7.93. The van der Waals surface area contributed by atoms with Crippen LogP contribution < -0.4 is 5.43 Å². The maximum atomic E-state index is 13.2. The van der Waals surface area contributed by atoms with Crippen LogP contribution in [0, 0.1) is 11.8 Å². The average Bonchev–Trinajstić information content (AvgIpc) is 3.12. The second kappa shape index (κ2) is 7.54. The summed E-state index contributed by atoms with van der Waals surface area (Å²) in [5.74, 6) is 0.902. The molecule has 4 unspecified atom stereocenters. The third kappa shape index (κ3) is 3.22. The van der Waals surface area contributed by atoms with Gasteiger partial charge in [0.15, 0.2) is 0 Å². The second-order valence-corrected chi connectivity index (χ2v) is 16.3. The van der Waals surface area contributed by atoms with Crippen molar-refractivity contribution in [2.24, 2.45) is 22.2 Å². The molecule has 2 aliphatic heterocycles. The monoisotopic (exact) mass is 446 g/mol. The van der Waals surface area contributed by atoms with Crippen LogP contribution in [0.4, 0.5) is 0 Å². The van der Waals surface area contributed by atoms with Gasteiger partial charge in [-0.2, -0.15) is 5.11 Å². The van der Waals surface area contributed by atoms with Crippen molar-refractivity contribution in [1.29, 1.82) is 0 Å². The maximum absolute atomic E-state index is 13.2. The van der Waals surface area contributed by atoms with E-state index in [2.05, 4.69) is 102 Å². The first-order valence-electron chi connectivity index (χ1n) is 11.8. The number of hydrogen-bond acceptors (Lipinski definition) is 4. The molecule has 1 saturated heterocycles. The van der Waals surface area contributed by atoms with Crippen molar-refractivity contribution in [3.8, 4) is 0 Å². The van der Waals surface area contributed by atoms with E-state index < -0.39 is 8.07 Å². The molecular weight excluding hydrogens is 412 g/mol. The molecule has 5 rings (SSSR count). The lowest BCUT2D eigenvalue weighted by molar-refractivity contribution is -0.130. The first-order valence-corrected chi connectivity index (χ1v) is 15.3. The van der Waals surface area contributed by atoms with Crippen LogP contribution in [-0.4, -0.2) is 38.5 Å². The minimum Gasteiger partial charge on any atom is -0.342 e. The Morgan fingerprint density at radius 3 is 2.47 bits per heavy atom. The normalized spacial score (nSPS) is 31.0. The largest absolute Gasteiger partial charge is 0.342 e. The lowest BCUT2D eigenvalue weighted by Crippen LogP contribution is -2.57. The summed E-state index contributed by atoms with van der Waals surface area (Å²) in [5, 5.41) is 8.30. The summed E-state index contributed by atoms with van der Waals surface area (Å²) in [6, 6.07) is 19.5. The topological polar surface area (TPSA) is 57.1 Å². The molecule has 0 spiro atoms. The number of nitrogens with one attached hydrogen (secondary N) is 1. The summed E-state index contributed by atoms with van der Waals surface area (Å²) in [5.41, 5.74) is 7.25. The van der Waals surface area contributed by atoms with E-state index in [1.54, 1.807) is 0 Å². The summed E-state index contributed by atoms with van der Waals surface area (Å²) in [4.78, 5) is 15.3. The molecule has 1 amide bonds. The third-order valence-corrected chi connectivity index (χ3v) is 11.4. The average molecular weight is 447 g/mol. The highest BCUT2D eigenvalue weighted by Crippen LogP contribution is 2.64. The molecule has 0 radical (unpaired) electrons. The summed E-state index contributed by atoms with van der Waals surface area (Å²) in [7, 11) is -1.65. The molecule has 1 N–H and O–H groups in total. The lowest BCUT2D eigenvalue weighted by atomic mass is 9.89. The van der Waals surface area contributed by atoms with E-state index >= 15 is 0 Å². The smallest absolute Gasteiger partial charge is 0.226 e. The Balaban J connectivity index is 1.29. The summed E-state index contributed by atoms with van der Waals surface area (Å²) >= 11 is 0. The van der Waals surface area contributed by atoms with E-state index in [1.807, 2.05) is 0 Å². The minimum atomic E-state index is -1.65. The molecular formula is C26H34N4OSi. The van der Waals surface area contributed by atoms with Crippen molar-refractivity contribution in [2.45, 2.75) is 50.0 Å². The highest BCUT2D eigenvalue weighted by molar-refractivity contribution is 6.79. The second-order valence-electron chi connectivity index (χ2n) is 11.0. The number of nitrogens with zero attached hydrogens (tertiary/aromatic N) is 3. The van der Waals surface area contributed by atoms with Gasteiger partial charge in [0, 0.05) is 18.5 Å². The molecule has 168 valence electrons. The van der Waals surface area contributed by atoms with Crippen LogP contribution in [0.5, 0.6) is 0 Å². The number of aryl methyl sites for hydroxylation is 1. The minimum absolute atomic E-state index is 0.0451. The zero-order valence-corrected chi connectivity index (χ0v) is 20.6. The Hall–Kier alpha value is -2.47. The fraction of sp³-hybridized carbons (Fsp3) is 0.500. The third-order valence-electron chi connectivity index (χ3n) is 8.32. The Kier molecular flexibility index (Phi) is 5.04. The van der Waals surface area contributed by atoms with E-state index in [4.69, 9.17) is 0 Å². The van der Waals surface area contributed by atoms with Crippen LogP contribution in [0.15, 0.2) is 64.9 Å². The van der Waals surface area contributed by atoms with Crippen LogP contribution in [-0.2, 0) is 21.8 Å². The van der Waals surface area contributed by atoms with Crippen molar-refractivity contribution in [3.63, 3.8) is 0 Å². The molecule has 32 heavy (non-hydrogen) atoms. The fourth-order valence-electron chi connectivity index (χ4n) is 5.97. The van der Waals surface area contributed by atoms with Crippen LogP contribution >= 0.6 is 0 Å². The number of likely N-dealkylation sites (tertiary alicyclic amines) is 1. The molecule has 0 bridgehead atoms. The van der Waals surface area contributed by atoms with E-state index in [0.717, 1.165) is 25.9 Å². The number of amides is 1. The SMILES string of the molecule is CC1(c2cccc(C3([Si](C)(C)C)CN=NN3)c2)C2CN(CCCc3ccccc3)C(=O)C21. The first-order chi connectivity index (χ1) is 15.3. The predicted octanol–water partition coefficient (Wildman–Crippen LogP) is 4.71. The van der Waals surface area contributed by atoms with Gasteiger partial charge in [-0.05, 0) is 35.4 Å². The van der Waals surface area contributed by atoms with Crippen LogP contribution in [0.3, 0.4) is 0 Å². The molecule has 6 heteroatoms. The van der Waals surface area contributed by atoms with Crippen molar-refractivity contribution < 1.29 is 4.79 Å². The van der Waals surface area contributed by atoms with Crippen LogP contribution in [0.1, 0.15) is 30.0 Å². The number of hydrogen-bond donors (Lipinski definition) is 1. The molecule has 1 aliphatic carbocycles. The van der Waals surface area contributed by atoms with E-state index in [0.29, 0.717) is 18.4 Å². The molecule has 2 aromatic rings. The van der Waals surface area contributed by atoms with Crippen molar-refractivity contribution in [3.05, 3.63) is 71.3 Å². The first kappa shape index (κ1) is 21.4. The standard InChI is InChI=1S/C26H34N4OSi/c1-25(20-13-8-14-21(16-20)26(32(2,3)4)18-27-29-28-26)22-17-30(24(31)23(22)25)15-9-12-19-10-6-5-7-11-19/h5-8,10-11,13-14,16,22-23H,9,12,15,17-18H2,1-4H3,(H,27,28). The Morgan fingerprint density at radius 1 is 1.09 bits per heavy atom. The van der Waals surface area contributed by atoms with Gasteiger partial charge in [-0.15, -0.1) is 0 Å². The van der Waals surface area contributed by atoms with Crippen molar-refractivity contribution >= 4 is 14.0 Å². The molecule has 1 saturated carbocycles. The number of rotatable bonds is 7. The molecule has 3 aliphatic rings. The Bertz CT molecular complexity index is 1040. The molecule has 4 atom stereocenters. The van der Waals surface area contributed by atoms with Gasteiger partial charge < -0.3 is 4.90 Å². The zero-order chi connectivity index (χ0) is 22.6. The maximum Gasteiger partial charge on any atom is 0.226 e. The van der Waals surface area contributed by atoms with Gasteiger partial charge in [0.25, 0.3) is 0 Å².